The smallest absolute Gasteiger partial charge is 0.253 e. The molecule has 158 valence electrons. The second-order valence-electron chi connectivity index (χ2n) is 8.24. The molecule has 8 nitrogen and oxygen atoms in total. The van der Waals surface area contributed by atoms with Crippen LogP contribution >= 0.6 is 0 Å². The lowest BCUT2D eigenvalue weighted by Gasteiger charge is -2.32. The second-order valence-corrected chi connectivity index (χ2v) is 8.24. The summed E-state index contributed by atoms with van der Waals surface area (Å²) >= 11 is 0. The third kappa shape index (κ3) is 3.81. The number of rotatable bonds is 4. The molecule has 1 aromatic carbocycles. The monoisotopic (exact) mass is 415 g/mol. The van der Waals surface area contributed by atoms with Crippen LogP contribution in [-0.4, -0.2) is 53.4 Å². The number of carbonyl (C=O) groups excluding carboxylic acids is 1. The molecule has 0 aliphatic carbocycles. The number of fused-ring (bicyclic) bond motifs is 1. The van der Waals surface area contributed by atoms with Crippen molar-refractivity contribution in [2.24, 2.45) is 13.0 Å². The highest BCUT2D eigenvalue weighted by Gasteiger charge is 2.25. The molecule has 1 fully saturated rings. The van der Waals surface area contributed by atoms with E-state index in [4.69, 9.17) is 4.98 Å². The number of amides is 1. The number of aryl methyl sites for hydroxylation is 1. The molecule has 0 radical (unpaired) electrons. The number of nitrogens with zero attached hydrogens (tertiary/aromatic N) is 6. The average molecular weight is 416 g/mol. The SMILES string of the molecule is Cc1ncc(-c2cncc(CC3CCCN(C(=O)c4ccc5nc[nH]c5c4)C3)n2)n1C. The van der Waals surface area contributed by atoms with Crippen molar-refractivity contribution in [3.63, 3.8) is 0 Å². The number of imidazole rings is 2. The standard InChI is InChI=1S/C23H25N7O/c1-15-25-12-22(29(15)2)21-11-24-10-18(28-21)8-16-4-3-7-30(13-16)23(31)17-5-6-19-20(9-17)27-14-26-19/h5-6,9-12,14,16H,3-4,7-8,13H2,1-2H3,(H,26,27). The Morgan fingerprint density at radius 1 is 1.23 bits per heavy atom. The average Bonchev–Trinajstić information content (AvgIpc) is 3.39. The summed E-state index contributed by atoms with van der Waals surface area (Å²) in [6.07, 6.45) is 9.98. The topological polar surface area (TPSA) is 92.6 Å². The van der Waals surface area contributed by atoms with Gasteiger partial charge in [0.15, 0.2) is 0 Å². The van der Waals surface area contributed by atoms with Gasteiger partial charge in [-0.05, 0) is 50.3 Å². The van der Waals surface area contributed by atoms with Gasteiger partial charge in [-0.25, -0.2) is 15.0 Å². The number of benzene rings is 1. The number of H-pyrrole nitrogens is 1. The van der Waals surface area contributed by atoms with E-state index in [-0.39, 0.29) is 5.91 Å². The Hall–Kier alpha value is -3.55. The molecular weight excluding hydrogens is 390 g/mol. The van der Waals surface area contributed by atoms with Crippen LogP contribution in [0.25, 0.3) is 22.4 Å². The first-order valence-corrected chi connectivity index (χ1v) is 10.6. The number of piperidine rings is 1. The Labute approximate surface area is 180 Å². The number of aromatic amines is 1. The first kappa shape index (κ1) is 19.4. The molecule has 1 aliphatic heterocycles. The molecule has 1 N–H and O–H groups in total. The van der Waals surface area contributed by atoms with Crippen molar-refractivity contribution in [2.45, 2.75) is 26.2 Å². The Balaban J connectivity index is 1.30. The van der Waals surface area contributed by atoms with Crippen LogP contribution in [0.2, 0.25) is 0 Å². The summed E-state index contributed by atoms with van der Waals surface area (Å²) in [5.74, 6) is 1.38. The van der Waals surface area contributed by atoms with Crippen LogP contribution in [0.15, 0.2) is 43.1 Å². The molecule has 3 aromatic heterocycles. The molecule has 4 aromatic rings. The molecule has 1 aliphatic rings. The Bertz CT molecular complexity index is 1240. The highest BCUT2D eigenvalue weighted by atomic mass is 16.2. The van der Waals surface area contributed by atoms with Crippen molar-refractivity contribution in [1.82, 2.24) is 34.4 Å². The Morgan fingerprint density at radius 2 is 2.13 bits per heavy atom. The van der Waals surface area contributed by atoms with Crippen molar-refractivity contribution >= 4 is 16.9 Å². The molecule has 31 heavy (non-hydrogen) atoms. The molecule has 0 spiro atoms. The molecule has 4 heterocycles. The van der Waals surface area contributed by atoms with E-state index in [1.54, 1.807) is 12.5 Å². The van der Waals surface area contributed by atoms with Gasteiger partial charge < -0.3 is 14.5 Å². The van der Waals surface area contributed by atoms with Crippen LogP contribution in [0, 0.1) is 12.8 Å². The van der Waals surface area contributed by atoms with Crippen molar-refractivity contribution in [3.8, 4) is 11.4 Å². The van der Waals surface area contributed by atoms with Gasteiger partial charge in [-0.2, -0.15) is 0 Å². The lowest BCUT2D eigenvalue weighted by molar-refractivity contribution is 0.0673. The van der Waals surface area contributed by atoms with Crippen molar-refractivity contribution in [3.05, 3.63) is 60.2 Å². The van der Waals surface area contributed by atoms with E-state index in [0.29, 0.717) is 11.5 Å². The van der Waals surface area contributed by atoms with Crippen molar-refractivity contribution in [1.29, 1.82) is 0 Å². The van der Waals surface area contributed by atoms with E-state index in [1.165, 1.54) is 0 Å². The number of nitrogens with one attached hydrogen (secondary N) is 1. The van der Waals surface area contributed by atoms with Crippen LogP contribution in [0.5, 0.6) is 0 Å². The molecule has 0 bridgehead atoms. The van der Waals surface area contributed by atoms with Crippen LogP contribution in [0.4, 0.5) is 0 Å². The van der Waals surface area contributed by atoms with Gasteiger partial charge in [0, 0.05) is 31.9 Å². The molecular formula is C23H25N7O. The van der Waals surface area contributed by atoms with Gasteiger partial charge in [0.05, 0.1) is 41.1 Å². The lowest BCUT2D eigenvalue weighted by Crippen LogP contribution is -2.40. The largest absolute Gasteiger partial charge is 0.345 e. The van der Waals surface area contributed by atoms with Gasteiger partial charge in [-0.1, -0.05) is 0 Å². The quantitative estimate of drug-likeness (QED) is 0.553. The van der Waals surface area contributed by atoms with Crippen LogP contribution in [-0.2, 0) is 13.5 Å². The maximum atomic E-state index is 13.1. The van der Waals surface area contributed by atoms with E-state index in [1.807, 2.05) is 54.0 Å². The minimum Gasteiger partial charge on any atom is -0.345 e. The van der Waals surface area contributed by atoms with E-state index >= 15 is 0 Å². The highest BCUT2D eigenvalue weighted by molar-refractivity contribution is 5.97. The summed E-state index contributed by atoms with van der Waals surface area (Å²) in [5, 5.41) is 0. The van der Waals surface area contributed by atoms with E-state index < -0.39 is 0 Å². The Kier molecular flexibility index (Phi) is 4.97. The summed E-state index contributed by atoms with van der Waals surface area (Å²) in [6, 6.07) is 5.64. The number of likely N-dealkylation sites (tertiary alicyclic amines) is 1. The van der Waals surface area contributed by atoms with Crippen LogP contribution < -0.4 is 0 Å². The third-order valence-corrected chi connectivity index (χ3v) is 6.14. The first-order chi connectivity index (χ1) is 15.1. The number of carbonyl (C=O) groups is 1. The Morgan fingerprint density at radius 3 is 2.97 bits per heavy atom. The molecule has 1 saturated heterocycles. The van der Waals surface area contributed by atoms with Gasteiger partial charge in [0.2, 0.25) is 0 Å². The number of aromatic nitrogens is 6. The van der Waals surface area contributed by atoms with Gasteiger partial charge in [-0.15, -0.1) is 0 Å². The van der Waals surface area contributed by atoms with Crippen molar-refractivity contribution in [2.75, 3.05) is 13.1 Å². The second kappa shape index (κ2) is 7.94. The number of hydrogen-bond acceptors (Lipinski definition) is 5. The van der Waals surface area contributed by atoms with Crippen LogP contribution in [0.1, 0.15) is 34.7 Å². The molecule has 1 amide bonds. The summed E-state index contributed by atoms with van der Waals surface area (Å²) in [5.41, 5.74) is 5.20. The van der Waals surface area contributed by atoms with Gasteiger partial charge in [0.25, 0.3) is 5.91 Å². The minimum absolute atomic E-state index is 0.0754. The summed E-state index contributed by atoms with van der Waals surface area (Å²) < 4.78 is 2.02. The van der Waals surface area contributed by atoms with E-state index in [9.17, 15) is 4.79 Å². The lowest BCUT2D eigenvalue weighted by atomic mass is 9.93. The normalized spacial score (nSPS) is 16.7. The maximum absolute atomic E-state index is 13.1. The summed E-state index contributed by atoms with van der Waals surface area (Å²) in [6.45, 7) is 3.49. The third-order valence-electron chi connectivity index (χ3n) is 6.14. The van der Waals surface area contributed by atoms with E-state index in [0.717, 1.165) is 66.3 Å². The molecule has 1 unspecified atom stereocenters. The fourth-order valence-corrected chi connectivity index (χ4v) is 4.33. The van der Waals surface area contributed by atoms with E-state index in [2.05, 4.69) is 19.9 Å². The highest BCUT2D eigenvalue weighted by Crippen LogP contribution is 2.24. The van der Waals surface area contributed by atoms with Gasteiger partial charge in [-0.3, -0.25) is 9.78 Å². The van der Waals surface area contributed by atoms with Gasteiger partial charge >= 0.3 is 0 Å². The fourth-order valence-electron chi connectivity index (χ4n) is 4.33. The zero-order valence-electron chi connectivity index (χ0n) is 17.7. The summed E-state index contributed by atoms with van der Waals surface area (Å²) in [4.78, 5) is 36.0. The van der Waals surface area contributed by atoms with Crippen LogP contribution in [0.3, 0.4) is 0 Å². The van der Waals surface area contributed by atoms with Crippen molar-refractivity contribution < 1.29 is 4.79 Å². The first-order valence-electron chi connectivity index (χ1n) is 10.6. The molecule has 0 saturated carbocycles. The maximum Gasteiger partial charge on any atom is 0.253 e. The number of hydrogen-bond donors (Lipinski definition) is 1. The van der Waals surface area contributed by atoms with Gasteiger partial charge in [0.1, 0.15) is 11.5 Å². The predicted octanol–water partition coefficient (Wildman–Crippen LogP) is 3.16. The molecule has 1 atom stereocenters. The minimum atomic E-state index is 0.0754. The molecule has 5 rings (SSSR count). The zero-order chi connectivity index (χ0) is 21.4. The predicted molar refractivity (Wildman–Crippen MR) is 117 cm³/mol. The molecule has 8 heteroatoms. The summed E-state index contributed by atoms with van der Waals surface area (Å²) in [7, 11) is 1.98. The zero-order valence-corrected chi connectivity index (χ0v) is 17.7. The fraction of sp³-hybridized carbons (Fsp3) is 0.348.